The third kappa shape index (κ3) is 3.01. The summed E-state index contributed by atoms with van der Waals surface area (Å²) in [6.07, 6.45) is 2.72. The minimum atomic E-state index is -1.49. The predicted molar refractivity (Wildman–Crippen MR) is 49.9 cm³/mol. The van der Waals surface area contributed by atoms with Crippen LogP contribution < -0.4 is 0 Å². The molecule has 0 fully saturated rings. The molecule has 1 rings (SSSR count). The first-order valence-corrected chi connectivity index (χ1v) is 4.22. The zero-order valence-electron chi connectivity index (χ0n) is 7.71. The smallest absolute Gasteiger partial charge is 0.372 e. The number of ketones is 1. The highest BCUT2D eigenvalue weighted by atomic mass is 16.4. The first-order valence-electron chi connectivity index (χ1n) is 4.22. The molecule has 1 unspecified atom stereocenters. The van der Waals surface area contributed by atoms with Gasteiger partial charge in [0, 0.05) is 19.1 Å². The van der Waals surface area contributed by atoms with Gasteiger partial charge in [-0.3, -0.25) is 9.79 Å². The fourth-order valence-electron chi connectivity index (χ4n) is 1.11. The maximum absolute atomic E-state index is 10.7. The van der Waals surface area contributed by atoms with Gasteiger partial charge in [0.15, 0.2) is 6.04 Å². The van der Waals surface area contributed by atoms with Crippen molar-refractivity contribution in [3.8, 4) is 0 Å². The summed E-state index contributed by atoms with van der Waals surface area (Å²) in [5.74, 6) is -3.44. The number of rotatable bonds is 4. The van der Waals surface area contributed by atoms with E-state index in [1.54, 1.807) is 0 Å². The third-order valence-corrected chi connectivity index (χ3v) is 1.92. The molecule has 0 radical (unpaired) electrons. The van der Waals surface area contributed by atoms with E-state index in [9.17, 15) is 14.4 Å². The Morgan fingerprint density at radius 2 is 2.13 bits per heavy atom. The summed E-state index contributed by atoms with van der Waals surface area (Å²) in [5, 5.41) is 16.9. The number of aliphatic imine (C=N–C) groups is 1. The van der Waals surface area contributed by atoms with Crippen LogP contribution in [0.25, 0.3) is 0 Å². The van der Waals surface area contributed by atoms with Gasteiger partial charge in [0.2, 0.25) is 5.78 Å². The number of carboxylic acid groups (broad SMARTS) is 2. The summed E-state index contributed by atoms with van der Waals surface area (Å²) in [5.41, 5.74) is 0.581. The van der Waals surface area contributed by atoms with Crippen molar-refractivity contribution < 1.29 is 24.6 Å². The van der Waals surface area contributed by atoms with Gasteiger partial charge in [-0.05, 0) is 5.57 Å². The molecule has 0 amide bonds. The molecule has 0 bridgehead atoms. The van der Waals surface area contributed by atoms with Crippen LogP contribution in [0.5, 0.6) is 0 Å². The molecule has 0 aromatic rings. The Morgan fingerprint density at radius 3 is 2.60 bits per heavy atom. The number of hydrogen-bond donors (Lipinski definition) is 2. The van der Waals surface area contributed by atoms with E-state index in [4.69, 9.17) is 10.2 Å². The van der Waals surface area contributed by atoms with Crippen LogP contribution in [0.1, 0.15) is 12.8 Å². The Labute approximate surface area is 84.9 Å². The summed E-state index contributed by atoms with van der Waals surface area (Å²) < 4.78 is 0. The van der Waals surface area contributed by atoms with Crippen molar-refractivity contribution >= 4 is 23.9 Å². The zero-order valence-corrected chi connectivity index (χ0v) is 7.71. The number of allylic oxidation sites excluding steroid dienone is 1. The van der Waals surface area contributed by atoms with Gasteiger partial charge in [-0.2, -0.15) is 0 Å². The van der Waals surface area contributed by atoms with E-state index in [2.05, 4.69) is 4.99 Å². The van der Waals surface area contributed by atoms with Crippen LogP contribution in [0, 0.1) is 0 Å². The fraction of sp³-hybridized carbons (Fsp3) is 0.333. The SMILES string of the molecule is O=C(O)C(=O)CC=C1C=NC(C(=O)O)C1. The van der Waals surface area contributed by atoms with Crippen molar-refractivity contribution in [2.24, 2.45) is 4.99 Å². The van der Waals surface area contributed by atoms with Gasteiger partial charge in [0.25, 0.3) is 0 Å². The fourth-order valence-corrected chi connectivity index (χ4v) is 1.11. The normalized spacial score (nSPS) is 21.9. The van der Waals surface area contributed by atoms with E-state index < -0.39 is 23.8 Å². The number of carboxylic acids is 2. The van der Waals surface area contributed by atoms with Crippen molar-refractivity contribution in [3.63, 3.8) is 0 Å². The molecule has 15 heavy (non-hydrogen) atoms. The molecule has 6 heteroatoms. The molecule has 1 aliphatic heterocycles. The third-order valence-electron chi connectivity index (χ3n) is 1.92. The number of aliphatic carboxylic acids is 2. The largest absolute Gasteiger partial charge is 0.480 e. The zero-order chi connectivity index (χ0) is 11.4. The molecule has 0 aromatic carbocycles. The second kappa shape index (κ2) is 4.50. The van der Waals surface area contributed by atoms with Gasteiger partial charge < -0.3 is 10.2 Å². The van der Waals surface area contributed by atoms with Crippen molar-refractivity contribution in [2.75, 3.05) is 0 Å². The highest BCUT2D eigenvalue weighted by molar-refractivity contribution is 6.33. The Kier molecular flexibility index (Phi) is 3.33. The van der Waals surface area contributed by atoms with E-state index in [-0.39, 0.29) is 12.8 Å². The van der Waals surface area contributed by atoms with E-state index in [0.29, 0.717) is 5.57 Å². The average Bonchev–Trinajstić information content (AvgIpc) is 2.62. The summed E-state index contributed by atoms with van der Waals surface area (Å²) in [4.78, 5) is 35.1. The Morgan fingerprint density at radius 1 is 1.47 bits per heavy atom. The maximum atomic E-state index is 10.7. The molecule has 0 saturated carbocycles. The van der Waals surface area contributed by atoms with Crippen molar-refractivity contribution in [2.45, 2.75) is 18.9 Å². The minimum absolute atomic E-state index is 0.211. The highest BCUT2D eigenvalue weighted by Crippen LogP contribution is 2.15. The van der Waals surface area contributed by atoms with Gasteiger partial charge in [-0.15, -0.1) is 0 Å². The summed E-state index contributed by atoms with van der Waals surface area (Å²) in [6, 6.07) is -0.809. The van der Waals surface area contributed by atoms with Gasteiger partial charge in [0.1, 0.15) is 0 Å². The molecule has 1 aliphatic rings. The van der Waals surface area contributed by atoms with Crippen LogP contribution in [0.4, 0.5) is 0 Å². The lowest BCUT2D eigenvalue weighted by Crippen LogP contribution is -2.14. The quantitative estimate of drug-likeness (QED) is 0.631. The Hall–Kier alpha value is -1.98. The predicted octanol–water partition coefficient (Wildman–Crippen LogP) is -0.116. The van der Waals surface area contributed by atoms with Gasteiger partial charge in [-0.1, -0.05) is 6.08 Å². The Bertz CT molecular complexity index is 369. The van der Waals surface area contributed by atoms with Crippen LogP contribution in [-0.4, -0.2) is 40.2 Å². The minimum Gasteiger partial charge on any atom is -0.480 e. The lowest BCUT2D eigenvalue weighted by atomic mass is 10.1. The lowest BCUT2D eigenvalue weighted by Gasteiger charge is -1.97. The van der Waals surface area contributed by atoms with Gasteiger partial charge >= 0.3 is 11.9 Å². The van der Waals surface area contributed by atoms with E-state index in [0.717, 1.165) is 0 Å². The second-order valence-corrected chi connectivity index (χ2v) is 3.05. The highest BCUT2D eigenvalue weighted by Gasteiger charge is 2.21. The van der Waals surface area contributed by atoms with E-state index in [1.165, 1.54) is 12.3 Å². The van der Waals surface area contributed by atoms with E-state index >= 15 is 0 Å². The molecule has 0 spiro atoms. The number of nitrogens with zero attached hydrogens (tertiary/aromatic N) is 1. The molecular formula is C9H9NO5. The van der Waals surface area contributed by atoms with Crippen LogP contribution in [0.15, 0.2) is 16.6 Å². The molecule has 0 aliphatic carbocycles. The average molecular weight is 211 g/mol. The van der Waals surface area contributed by atoms with Gasteiger partial charge in [-0.25, -0.2) is 9.59 Å². The van der Waals surface area contributed by atoms with Gasteiger partial charge in [0.05, 0.1) is 0 Å². The maximum Gasteiger partial charge on any atom is 0.372 e. The summed E-state index contributed by atoms with van der Waals surface area (Å²) >= 11 is 0. The van der Waals surface area contributed by atoms with Crippen molar-refractivity contribution in [1.82, 2.24) is 0 Å². The molecule has 0 aromatic heterocycles. The lowest BCUT2D eigenvalue weighted by molar-refractivity contribution is -0.148. The summed E-state index contributed by atoms with van der Waals surface area (Å²) in [7, 11) is 0. The van der Waals surface area contributed by atoms with Crippen LogP contribution >= 0.6 is 0 Å². The first-order chi connectivity index (χ1) is 7.00. The Balaban J connectivity index is 2.52. The number of Topliss-reactive ketones (excluding diaryl/α,β-unsaturated/α-hetero) is 1. The molecule has 6 nitrogen and oxygen atoms in total. The van der Waals surface area contributed by atoms with Crippen molar-refractivity contribution in [3.05, 3.63) is 11.6 Å². The standard InChI is InChI=1S/C9H9NO5/c11-7(9(14)15)2-1-5-3-6(8(12)13)10-4-5/h1,4,6H,2-3H2,(H,12,13)(H,14,15). The second-order valence-electron chi connectivity index (χ2n) is 3.05. The van der Waals surface area contributed by atoms with Crippen LogP contribution in [-0.2, 0) is 14.4 Å². The van der Waals surface area contributed by atoms with Crippen molar-refractivity contribution in [1.29, 1.82) is 0 Å². The molecule has 0 saturated heterocycles. The molecule has 1 heterocycles. The molecule has 2 N–H and O–H groups in total. The molecule has 80 valence electrons. The summed E-state index contributed by atoms with van der Waals surface area (Å²) in [6.45, 7) is 0. The number of hydrogen-bond acceptors (Lipinski definition) is 4. The monoisotopic (exact) mass is 211 g/mol. The number of carbonyl (C=O) groups is 3. The topological polar surface area (TPSA) is 104 Å². The first kappa shape index (κ1) is 11.1. The van der Waals surface area contributed by atoms with Crippen LogP contribution in [0.2, 0.25) is 0 Å². The van der Waals surface area contributed by atoms with E-state index in [1.807, 2.05) is 0 Å². The molecule has 1 atom stereocenters. The van der Waals surface area contributed by atoms with Crippen LogP contribution in [0.3, 0.4) is 0 Å². The molecular weight excluding hydrogens is 202 g/mol. The number of carbonyl (C=O) groups excluding carboxylic acids is 1.